The number of benzene rings is 1. The molecule has 6 nitrogen and oxygen atoms in total. The molecule has 0 saturated carbocycles. The zero-order chi connectivity index (χ0) is 17.0. The molecule has 0 aliphatic heterocycles. The SMILES string of the molecule is CCCCC(NC(=O)Cc1noc2c(C)cc(C)cc12)C(=O)O. The van der Waals surface area contributed by atoms with E-state index in [1.165, 1.54) is 0 Å². The molecule has 124 valence electrons. The van der Waals surface area contributed by atoms with E-state index >= 15 is 0 Å². The molecule has 1 atom stereocenters. The molecule has 2 aromatic rings. The average Bonchev–Trinajstić information content (AvgIpc) is 2.86. The minimum atomic E-state index is -1.01. The number of aryl methyl sites for hydroxylation is 2. The van der Waals surface area contributed by atoms with Crippen LogP contribution in [0.15, 0.2) is 16.7 Å². The van der Waals surface area contributed by atoms with Gasteiger partial charge in [-0.25, -0.2) is 4.79 Å². The molecule has 6 heteroatoms. The van der Waals surface area contributed by atoms with Crippen molar-refractivity contribution < 1.29 is 19.2 Å². The maximum Gasteiger partial charge on any atom is 0.326 e. The third kappa shape index (κ3) is 4.09. The van der Waals surface area contributed by atoms with Gasteiger partial charge in [0.1, 0.15) is 11.7 Å². The molecule has 0 aliphatic rings. The quantitative estimate of drug-likeness (QED) is 0.819. The van der Waals surface area contributed by atoms with E-state index in [1.54, 1.807) is 0 Å². The maximum absolute atomic E-state index is 12.1. The minimum Gasteiger partial charge on any atom is -0.480 e. The van der Waals surface area contributed by atoms with Crippen LogP contribution in [0, 0.1) is 13.8 Å². The van der Waals surface area contributed by atoms with Gasteiger partial charge >= 0.3 is 5.97 Å². The van der Waals surface area contributed by atoms with Gasteiger partial charge in [-0.05, 0) is 37.5 Å². The number of hydrogen-bond donors (Lipinski definition) is 2. The highest BCUT2D eigenvalue weighted by atomic mass is 16.5. The number of aromatic nitrogens is 1. The molecule has 1 amide bonds. The number of amides is 1. The molecule has 0 aliphatic carbocycles. The Morgan fingerprint density at radius 1 is 1.35 bits per heavy atom. The summed E-state index contributed by atoms with van der Waals surface area (Å²) in [4.78, 5) is 23.3. The van der Waals surface area contributed by atoms with Gasteiger partial charge in [0, 0.05) is 5.39 Å². The Kier molecular flexibility index (Phi) is 5.36. The molecule has 0 saturated heterocycles. The van der Waals surface area contributed by atoms with E-state index < -0.39 is 12.0 Å². The number of carbonyl (C=O) groups is 2. The van der Waals surface area contributed by atoms with Crippen molar-refractivity contribution in [1.29, 1.82) is 0 Å². The Morgan fingerprint density at radius 2 is 2.09 bits per heavy atom. The van der Waals surface area contributed by atoms with Crippen molar-refractivity contribution in [2.45, 2.75) is 52.5 Å². The topological polar surface area (TPSA) is 92.4 Å². The van der Waals surface area contributed by atoms with E-state index in [1.807, 2.05) is 32.9 Å². The van der Waals surface area contributed by atoms with E-state index in [0.717, 1.165) is 29.4 Å². The Balaban J connectivity index is 2.12. The van der Waals surface area contributed by atoms with E-state index in [4.69, 9.17) is 4.52 Å². The van der Waals surface area contributed by atoms with Gasteiger partial charge in [-0.1, -0.05) is 31.0 Å². The van der Waals surface area contributed by atoms with Crippen molar-refractivity contribution in [3.8, 4) is 0 Å². The summed E-state index contributed by atoms with van der Waals surface area (Å²) in [6, 6.07) is 3.06. The van der Waals surface area contributed by atoms with Crippen LogP contribution in [0.4, 0.5) is 0 Å². The molecule has 0 spiro atoms. The van der Waals surface area contributed by atoms with Gasteiger partial charge in [-0.3, -0.25) is 4.79 Å². The van der Waals surface area contributed by atoms with Crippen LogP contribution in [0.5, 0.6) is 0 Å². The molecule has 2 rings (SSSR count). The Hall–Kier alpha value is -2.37. The van der Waals surface area contributed by atoms with Crippen LogP contribution < -0.4 is 5.32 Å². The Labute approximate surface area is 134 Å². The number of nitrogens with zero attached hydrogens (tertiary/aromatic N) is 1. The fraction of sp³-hybridized carbons (Fsp3) is 0.471. The molecule has 1 unspecified atom stereocenters. The van der Waals surface area contributed by atoms with Crippen molar-refractivity contribution in [3.63, 3.8) is 0 Å². The smallest absolute Gasteiger partial charge is 0.326 e. The first-order chi connectivity index (χ1) is 10.9. The van der Waals surface area contributed by atoms with Crippen LogP contribution in [0.1, 0.15) is 43.0 Å². The molecule has 0 radical (unpaired) electrons. The highest BCUT2D eigenvalue weighted by Crippen LogP contribution is 2.24. The molecule has 0 fully saturated rings. The van der Waals surface area contributed by atoms with Crippen molar-refractivity contribution in [2.24, 2.45) is 0 Å². The molecular weight excluding hydrogens is 296 g/mol. The van der Waals surface area contributed by atoms with E-state index in [9.17, 15) is 14.7 Å². The number of hydrogen-bond acceptors (Lipinski definition) is 4. The van der Waals surface area contributed by atoms with Gasteiger partial charge in [0.25, 0.3) is 0 Å². The van der Waals surface area contributed by atoms with Crippen molar-refractivity contribution in [2.75, 3.05) is 0 Å². The zero-order valence-electron chi connectivity index (χ0n) is 13.7. The lowest BCUT2D eigenvalue weighted by Crippen LogP contribution is -2.41. The predicted molar refractivity (Wildman–Crippen MR) is 86.3 cm³/mol. The molecular formula is C17H22N2O4. The Morgan fingerprint density at radius 3 is 2.74 bits per heavy atom. The first kappa shape index (κ1) is 17.0. The maximum atomic E-state index is 12.1. The predicted octanol–water partition coefficient (Wildman–Crippen LogP) is 2.75. The minimum absolute atomic E-state index is 0.00575. The van der Waals surface area contributed by atoms with E-state index in [0.29, 0.717) is 17.7 Å². The van der Waals surface area contributed by atoms with Gasteiger partial charge in [-0.2, -0.15) is 0 Å². The molecule has 23 heavy (non-hydrogen) atoms. The number of rotatable bonds is 7. The number of fused-ring (bicyclic) bond motifs is 1. The van der Waals surface area contributed by atoms with Crippen LogP contribution in [-0.4, -0.2) is 28.2 Å². The monoisotopic (exact) mass is 318 g/mol. The van der Waals surface area contributed by atoms with Gasteiger partial charge in [-0.15, -0.1) is 0 Å². The number of carboxylic acids is 1. The van der Waals surface area contributed by atoms with E-state index in [-0.39, 0.29) is 12.3 Å². The van der Waals surface area contributed by atoms with Gasteiger partial charge in [0.2, 0.25) is 5.91 Å². The number of carboxylic acid groups (broad SMARTS) is 1. The third-order valence-corrected chi connectivity index (χ3v) is 3.78. The molecule has 0 bridgehead atoms. The lowest BCUT2D eigenvalue weighted by Gasteiger charge is -2.13. The highest BCUT2D eigenvalue weighted by Gasteiger charge is 2.21. The summed E-state index contributed by atoms with van der Waals surface area (Å²) in [7, 11) is 0. The highest BCUT2D eigenvalue weighted by molar-refractivity contribution is 5.89. The number of unbranched alkanes of at least 4 members (excludes halogenated alkanes) is 1. The Bertz CT molecular complexity index is 721. The molecule has 1 heterocycles. The third-order valence-electron chi connectivity index (χ3n) is 3.78. The first-order valence-corrected chi connectivity index (χ1v) is 7.80. The second-order valence-corrected chi connectivity index (χ2v) is 5.87. The second-order valence-electron chi connectivity index (χ2n) is 5.87. The first-order valence-electron chi connectivity index (χ1n) is 7.80. The summed E-state index contributed by atoms with van der Waals surface area (Å²) in [5.74, 6) is -1.37. The summed E-state index contributed by atoms with van der Waals surface area (Å²) < 4.78 is 5.31. The van der Waals surface area contributed by atoms with Crippen molar-refractivity contribution in [1.82, 2.24) is 10.5 Å². The molecule has 2 N–H and O–H groups in total. The van der Waals surface area contributed by atoms with Crippen molar-refractivity contribution in [3.05, 3.63) is 29.0 Å². The van der Waals surface area contributed by atoms with Crippen LogP contribution in [0.3, 0.4) is 0 Å². The van der Waals surface area contributed by atoms with Gasteiger partial charge in [0.05, 0.1) is 6.42 Å². The van der Waals surface area contributed by atoms with E-state index in [2.05, 4.69) is 10.5 Å². The summed E-state index contributed by atoms with van der Waals surface area (Å²) in [5.41, 5.74) is 3.22. The number of nitrogens with one attached hydrogen (secondary N) is 1. The second kappa shape index (κ2) is 7.26. The molecule has 1 aromatic carbocycles. The lowest BCUT2D eigenvalue weighted by molar-refractivity contribution is -0.142. The van der Waals surface area contributed by atoms with Crippen LogP contribution in [0.2, 0.25) is 0 Å². The fourth-order valence-electron chi connectivity index (χ4n) is 2.63. The van der Waals surface area contributed by atoms with Crippen LogP contribution in [0.25, 0.3) is 11.0 Å². The number of aliphatic carboxylic acids is 1. The summed E-state index contributed by atoms with van der Waals surface area (Å²) in [5, 5.41) is 16.5. The molecule has 1 aromatic heterocycles. The largest absolute Gasteiger partial charge is 0.480 e. The summed E-state index contributed by atoms with van der Waals surface area (Å²) in [6.45, 7) is 5.87. The number of carbonyl (C=O) groups excluding carboxylic acids is 1. The fourth-order valence-corrected chi connectivity index (χ4v) is 2.63. The summed E-state index contributed by atoms with van der Waals surface area (Å²) in [6.07, 6.45) is 2.07. The van der Waals surface area contributed by atoms with Crippen LogP contribution in [-0.2, 0) is 16.0 Å². The summed E-state index contributed by atoms with van der Waals surface area (Å²) >= 11 is 0. The van der Waals surface area contributed by atoms with Gasteiger partial charge in [0.15, 0.2) is 5.58 Å². The standard InChI is InChI=1S/C17H22N2O4/c1-4-5-6-13(17(21)22)18-15(20)9-14-12-8-10(2)7-11(3)16(12)23-19-14/h7-8,13H,4-6,9H2,1-3H3,(H,18,20)(H,21,22). The normalized spacial score (nSPS) is 12.3. The zero-order valence-corrected chi connectivity index (χ0v) is 13.7. The lowest BCUT2D eigenvalue weighted by atomic mass is 10.1. The van der Waals surface area contributed by atoms with Gasteiger partial charge < -0.3 is 14.9 Å². The average molecular weight is 318 g/mol. The van der Waals surface area contributed by atoms with Crippen molar-refractivity contribution >= 4 is 22.8 Å². The van der Waals surface area contributed by atoms with Crippen LogP contribution >= 0.6 is 0 Å².